The van der Waals surface area contributed by atoms with Crippen molar-refractivity contribution in [3.05, 3.63) is 84.2 Å². The van der Waals surface area contributed by atoms with E-state index in [0.717, 1.165) is 31.2 Å². The zero-order valence-electron chi connectivity index (χ0n) is 17.8. The number of aromatic nitrogens is 2. The Bertz CT molecular complexity index is 892. The van der Waals surface area contributed by atoms with E-state index in [-0.39, 0.29) is 0 Å². The van der Waals surface area contributed by atoms with Crippen LogP contribution in [0.4, 0.5) is 0 Å². The van der Waals surface area contributed by atoms with E-state index in [1.807, 2.05) is 59.4 Å². The summed E-state index contributed by atoms with van der Waals surface area (Å²) in [6.07, 6.45) is 4.86. The number of benzene rings is 2. The molecule has 0 saturated heterocycles. The molecule has 0 aliphatic rings. The minimum Gasteiger partial charge on any atom is -0.376 e. The lowest BCUT2D eigenvalue weighted by molar-refractivity contribution is 0.0931. The van der Waals surface area contributed by atoms with Crippen LogP contribution >= 0.6 is 0 Å². The van der Waals surface area contributed by atoms with Crippen molar-refractivity contribution in [2.24, 2.45) is 10.9 Å². The zero-order chi connectivity index (χ0) is 21.0. The van der Waals surface area contributed by atoms with Crippen LogP contribution in [0.3, 0.4) is 0 Å². The molecule has 0 aliphatic carbocycles. The number of aliphatic imine (C=N–C) groups is 1. The van der Waals surface area contributed by atoms with Crippen molar-refractivity contribution in [3.63, 3.8) is 0 Å². The van der Waals surface area contributed by atoms with E-state index in [9.17, 15) is 0 Å². The minimum absolute atomic E-state index is 0.386. The van der Waals surface area contributed by atoms with Crippen molar-refractivity contribution < 1.29 is 4.74 Å². The van der Waals surface area contributed by atoms with Crippen LogP contribution in [-0.2, 0) is 17.8 Å². The van der Waals surface area contributed by atoms with Crippen molar-refractivity contribution >= 4 is 5.96 Å². The summed E-state index contributed by atoms with van der Waals surface area (Å²) >= 11 is 0. The number of nitrogens with one attached hydrogen (secondary N) is 2. The van der Waals surface area contributed by atoms with Crippen LogP contribution in [0.15, 0.2) is 78.0 Å². The van der Waals surface area contributed by atoms with E-state index in [0.29, 0.717) is 19.1 Å². The average Bonchev–Trinajstić information content (AvgIpc) is 3.26. The van der Waals surface area contributed by atoms with Crippen LogP contribution in [0, 0.1) is 5.92 Å². The molecular formula is C24H31N5O. The summed E-state index contributed by atoms with van der Waals surface area (Å²) in [4.78, 5) is 4.30. The van der Waals surface area contributed by atoms with Crippen molar-refractivity contribution in [1.29, 1.82) is 0 Å². The third-order valence-corrected chi connectivity index (χ3v) is 4.72. The van der Waals surface area contributed by atoms with Gasteiger partial charge in [-0.2, -0.15) is 5.10 Å². The Hall–Kier alpha value is -3.12. The topological polar surface area (TPSA) is 63.5 Å². The summed E-state index contributed by atoms with van der Waals surface area (Å²) in [5, 5.41) is 11.2. The second kappa shape index (κ2) is 11.8. The lowest BCUT2D eigenvalue weighted by Gasteiger charge is -2.16. The van der Waals surface area contributed by atoms with Gasteiger partial charge in [0.25, 0.3) is 0 Å². The molecule has 1 heterocycles. The smallest absolute Gasteiger partial charge is 0.190 e. The van der Waals surface area contributed by atoms with Crippen LogP contribution in [0.1, 0.15) is 18.1 Å². The fourth-order valence-electron chi connectivity index (χ4n) is 3.04. The van der Waals surface area contributed by atoms with Gasteiger partial charge in [0.05, 0.1) is 25.1 Å². The molecule has 1 aromatic heterocycles. The fourth-order valence-corrected chi connectivity index (χ4v) is 3.04. The summed E-state index contributed by atoms with van der Waals surface area (Å²) in [6, 6.07) is 20.4. The lowest BCUT2D eigenvalue weighted by atomic mass is 10.2. The molecule has 30 heavy (non-hydrogen) atoms. The molecule has 6 heteroatoms. The molecule has 0 amide bonds. The van der Waals surface area contributed by atoms with E-state index >= 15 is 0 Å². The highest BCUT2D eigenvalue weighted by Gasteiger charge is 2.06. The maximum Gasteiger partial charge on any atom is 0.190 e. The summed E-state index contributed by atoms with van der Waals surface area (Å²) < 4.78 is 7.72. The number of guanidine groups is 1. The highest BCUT2D eigenvalue weighted by molar-refractivity contribution is 5.79. The Morgan fingerprint density at radius 3 is 2.50 bits per heavy atom. The second-order valence-electron chi connectivity index (χ2n) is 7.36. The number of ether oxygens (including phenoxy) is 1. The molecule has 3 rings (SSSR count). The Morgan fingerprint density at radius 1 is 1.03 bits per heavy atom. The van der Waals surface area contributed by atoms with Crippen LogP contribution < -0.4 is 10.6 Å². The first-order chi connectivity index (χ1) is 14.7. The Kier molecular flexibility index (Phi) is 8.47. The standard InChI is InChI=1S/C24H31N5O/c1-20(18-30-19-21-9-5-3-6-10-21)15-27-24(25-2)26-14-13-22-16-28-29(17-22)23-11-7-4-8-12-23/h3-12,16-17,20H,13-15,18-19H2,1-2H3,(H2,25,26,27). The normalized spacial score (nSPS) is 12.5. The third-order valence-electron chi connectivity index (χ3n) is 4.72. The van der Waals surface area contributed by atoms with Gasteiger partial charge in [0.2, 0.25) is 0 Å². The number of rotatable bonds is 10. The highest BCUT2D eigenvalue weighted by Crippen LogP contribution is 2.08. The molecule has 1 atom stereocenters. The van der Waals surface area contributed by atoms with Gasteiger partial charge in [-0.05, 0) is 35.6 Å². The molecule has 3 aromatic rings. The van der Waals surface area contributed by atoms with Gasteiger partial charge in [0, 0.05) is 26.3 Å². The van der Waals surface area contributed by atoms with Gasteiger partial charge < -0.3 is 15.4 Å². The van der Waals surface area contributed by atoms with Crippen LogP contribution in [0.5, 0.6) is 0 Å². The van der Waals surface area contributed by atoms with E-state index < -0.39 is 0 Å². The van der Waals surface area contributed by atoms with E-state index in [4.69, 9.17) is 4.74 Å². The van der Waals surface area contributed by atoms with Crippen LogP contribution in [0.25, 0.3) is 5.69 Å². The Balaban J connectivity index is 1.33. The van der Waals surface area contributed by atoms with E-state index in [1.165, 1.54) is 11.1 Å². The molecule has 1 unspecified atom stereocenters. The number of hydrogen-bond donors (Lipinski definition) is 2. The first-order valence-corrected chi connectivity index (χ1v) is 10.4. The lowest BCUT2D eigenvalue weighted by Crippen LogP contribution is -2.40. The van der Waals surface area contributed by atoms with E-state index in [2.05, 4.69) is 46.0 Å². The highest BCUT2D eigenvalue weighted by atomic mass is 16.5. The molecule has 158 valence electrons. The SMILES string of the molecule is CN=C(NCCc1cnn(-c2ccccc2)c1)NCC(C)COCc1ccccc1. The molecule has 2 aromatic carbocycles. The summed E-state index contributed by atoms with van der Waals surface area (Å²) in [5.41, 5.74) is 3.45. The third kappa shape index (κ3) is 7.04. The summed E-state index contributed by atoms with van der Waals surface area (Å²) in [6.45, 7) is 5.12. The van der Waals surface area contributed by atoms with Gasteiger partial charge in [-0.3, -0.25) is 4.99 Å². The molecule has 2 N–H and O–H groups in total. The van der Waals surface area contributed by atoms with Gasteiger partial charge in [-0.15, -0.1) is 0 Å². The van der Waals surface area contributed by atoms with Crippen molar-refractivity contribution in [2.45, 2.75) is 20.0 Å². The van der Waals surface area contributed by atoms with Crippen LogP contribution in [-0.4, -0.2) is 42.5 Å². The zero-order valence-corrected chi connectivity index (χ0v) is 17.8. The molecule has 0 radical (unpaired) electrons. The molecule has 0 fully saturated rings. The Morgan fingerprint density at radius 2 is 1.77 bits per heavy atom. The fraction of sp³-hybridized carbons (Fsp3) is 0.333. The Labute approximate surface area is 179 Å². The summed E-state index contributed by atoms with van der Waals surface area (Å²) in [5.74, 6) is 1.19. The molecular weight excluding hydrogens is 374 g/mol. The average molecular weight is 406 g/mol. The number of para-hydroxylation sites is 1. The van der Waals surface area contributed by atoms with Gasteiger partial charge in [-0.1, -0.05) is 55.5 Å². The molecule has 0 bridgehead atoms. The molecule has 0 saturated carbocycles. The number of hydrogen-bond acceptors (Lipinski definition) is 3. The van der Waals surface area contributed by atoms with Crippen molar-refractivity contribution in [1.82, 2.24) is 20.4 Å². The van der Waals surface area contributed by atoms with Gasteiger partial charge in [0.1, 0.15) is 0 Å². The molecule has 6 nitrogen and oxygen atoms in total. The predicted molar refractivity (Wildman–Crippen MR) is 122 cm³/mol. The van der Waals surface area contributed by atoms with Crippen LogP contribution in [0.2, 0.25) is 0 Å². The molecule has 0 aliphatic heterocycles. The quantitative estimate of drug-likeness (QED) is 0.401. The van der Waals surface area contributed by atoms with Gasteiger partial charge in [0.15, 0.2) is 5.96 Å². The monoisotopic (exact) mass is 405 g/mol. The van der Waals surface area contributed by atoms with Gasteiger partial charge in [-0.25, -0.2) is 4.68 Å². The van der Waals surface area contributed by atoms with Crippen molar-refractivity contribution in [3.8, 4) is 5.69 Å². The summed E-state index contributed by atoms with van der Waals surface area (Å²) in [7, 11) is 1.79. The second-order valence-corrected chi connectivity index (χ2v) is 7.36. The number of nitrogens with zero attached hydrogens (tertiary/aromatic N) is 3. The van der Waals surface area contributed by atoms with E-state index in [1.54, 1.807) is 7.05 Å². The van der Waals surface area contributed by atoms with Crippen molar-refractivity contribution in [2.75, 3.05) is 26.7 Å². The predicted octanol–water partition coefficient (Wildman–Crippen LogP) is 3.43. The maximum absolute atomic E-state index is 5.82. The molecule has 0 spiro atoms. The first-order valence-electron chi connectivity index (χ1n) is 10.4. The first kappa shape index (κ1) is 21.6. The minimum atomic E-state index is 0.386. The maximum atomic E-state index is 5.82. The van der Waals surface area contributed by atoms with Gasteiger partial charge >= 0.3 is 0 Å². The largest absolute Gasteiger partial charge is 0.376 e.